The molecule has 24 heteroatoms. The number of rotatable bonds is 8. The van der Waals surface area contributed by atoms with E-state index in [2.05, 4.69) is 30.5 Å². The van der Waals surface area contributed by atoms with Gasteiger partial charge in [-0.2, -0.15) is 43.6 Å². The number of aromatic hydroxyl groups is 1. The van der Waals surface area contributed by atoms with E-state index in [1.54, 1.807) is 0 Å². The molecule has 0 atom stereocenters. The van der Waals surface area contributed by atoms with E-state index >= 15 is 0 Å². The van der Waals surface area contributed by atoms with Crippen LogP contribution in [0.25, 0.3) is 21.5 Å². The number of hydrogen-bond acceptors (Lipinski definition) is 15. The molecule has 19 nitrogen and oxygen atoms in total. The lowest BCUT2D eigenvalue weighted by atomic mass is 10.1. The van der Waals surface area contributed by atoms with Gasteiger partial charge in [-0.15, -0.1) is 10.2 Å². The summed E-state index contributed by atoms with van der Waals surface area (Å²) in [7, 11) is -20.5. The van der Waals surface area contributed by atoms with E-state index in [0.717, 1.165) is 42.5 Å². The van der Waals surface area contributed by atoms with Gasteiger partial charge in [0.1, 0.15) is 31.9 Å². The predicted molar refractivity (Wildman–Crippen MR) is 166 cm³/mol. The molecule has 0 saturated carbocycles. The van der Waals surface area contributed by atoms with Gasteiger partial charge >= 0.3 is 0 Å². The summed E-state index contributed by atoms with van der Waals surface area (Å²) in [4.78, 5) is 7.79. The molecule has 48 heavy (non-hydrogen) atoms. The van der Waals surface area contributed by atoms with Crippen molar-refractivity contribution in [1.82, 2.24) is 15.0 Å². The summed E-state index contributed by atoms with van der Waals surface area (Å²) in [5, 5.41) is 19.2. The second-order valence-electron chi connectivity index (χ2n) is 9.61. The minimum absolute atomic E-state index is 0.0915. The Balaban J connectivity index is 1.83. The molecule has 4 aromatic carbocycles. The van der Waals surface area contributed by atoms with Crippen molar-refractivity contribution in [3.63, 3.8) is 0 Å². The van der Waals surface area contributed by atoms with Crippen molar-refractivity contribution in [3.05, 3.63) is 59.6 Å². The zero-order valence-corrected chi connectivity index (χ0v) is 27.4. The van der Waals surface area contributed by atoms with Crippen molar-refractivity contribution >= 4 is 96.6 Å². The van der Waals surface area contributed by atoms with Gasteiger partial charge in [0, 0.05) is 16.2 Å². The molecule has 5 aromatic rings. The van der Waals surface area contributed by atoms with Crippen molar-refractivity contribution in [2.75, 3.05) is 5.32 Å². The number of fused-ring (bicyclic) bond motifs is 2. The van der Waals surface area contributed by atoms with Crippen LogP contribution in [0.5, 0.6) is 5.75 Å². The third-order valence-corrected chi connectivity index (χ3v) is 10.1. The molecule has 5 rings (SSSR count). The van der Waals surface area contributed by atoms with Gasteiger partial charge < -0.3 is 10.4 Å². The van der Waals surface area contributed by atoms with Gasteiger partial charge in [-0.3, -0.25) is 18.2 Å². The molecule has 6 N–H and O–H groups in total. The number of benzene rings is 4. The highest BCUT2D eigenvalue weighted by atomic mass is 35.5. The normalized spacial score (nSPS) is 13.0. The van der Waals surface area contributed by atoms with E-state index in [4.69, 9.17) is 11.6 Å². The van der Waals surface area contributed by atoms with Crippen molar-refractivity contribution in [1.29, 1.82) is 0 Å². The number of aryl methyl sites for hydroxylation is 1. The maximum Gasteiger partial charge on any atom is 0.297 e. The van der Waals surface area contributed by atoms with E-state index in [1.165, 1.54) is 6.92 Å². The standard InChI is InChI=1S/C24H17ClN6O13S4/c1-10-26-23(25)29-24(27-10)28-16-9-12(45(33,34)35)7-11-8-18(47(39,40)41)20(21(32)19(11)16)31-30-15-6-5-13-14(22(15)48(42,43)44)3-2-4-17(13)46(36,37)38/h2-9,32H,1H3,(H,33,34,35)(H,36,37,38)(H,39,40,41)(H,42,43,44)(H,26,27,28,29). The fourth-order valence-electron chi connectivity index (χ4n) is 4.59. The Morgan fingerprint density at radius 1 is 0.729 bits per heavy atom. The Labute approximate surface area is 275 Å². The highest BCUT2D eigenvalue weighted by Gasteiger charge is 2.27. The van der Waals surface area contributed by atoms with Crippen molar-refractivity contribution in [3.8, 4) is 5.75 Å². The van der Waals surface area contributed by atoms with Gasteiger partial charge in [0.2, 0.25) is 11.2 Å². The molecule has 0 spiro atoms. The van der Waals surface area contributed by atoms with Crippen molar-refractivity contribution in [2.45, 2.75) is 26.5 Å². The minimum Gasteiger partial charge on any atom is -0.505 e. The summed E-state index contributed by atoms with van der Waals surface area (Å²) in [6.07, 6.45) is 0. The average molecular weight is 761 g/mol. The molecule has 0 aliphatic heterocycles. The third kappa shape index (κ3) is 6.89. The Morgan fingerprint density at radius 2 is 1.40 bits per heavy atom. The van der Waals surface area contributed by atoms with Crippen LogP contribution in [0.4, 0.5) is 23.0 Å². The highest BCUT2D eigenvalue weighted by Crippen LogP contribution is 2.46. The van der Waals surface area contributed by atoms with Gasteiger partial charge in [0.05, 0.1) is 10.6 Å². The Hall–Kier alpha value is -4.46. The van der Waals surface area contributed by atoms with Crippen LogP contribution in [0.2, 0.25) is 5.28 Å². The van der Waals surface area contributed by atoms with Crippen molar-refractivity contribution in [2.24, 2.45) is 10.2 Å². The van der Waals surface area contributed by atoms with Crippen LogP contribution >= 0.6 is 11.6 Å². The number of phenolic OH excluding ortho intramolecular Hbond substituents is 1. The van der Waals surface area contributed by atoms with E-state index in [9.17, 15) is 57.0 Å². The molecule has 1 aromatic heterocycles. The zero-order chi connectivity index (χ0) is 35.6. The van der Waals surface area contributed by atoms with E-state index in [-0.39, 0.29) is 28.1 Å². The second kappa shape index (κ2) is 11.9. The van der Waals surface area contributed by atoms with Crippen LogP contribution in [0, 0.1) is 6.92 Å². The Bertz CT molecular complexity index is 2670. The molecule has 0 aliphatic rings. The van der Waals surface area contributed by atoms with Gasteiger partial charge in [-0.25, -0.2) is 4.98 Å². The average Bonchev–Trinajstić information content (AvgIpc) is 2.93. The monoisotopic (exact) mass is 760 g/mol. The molecule has 0 saturated heterocycles. The first kappa shape index (κ1) is 34.9. The largest absolute Gasteiger partial charge is 0.505 e. The molecule has 0 amide bonds. The quantitative estimate of drug-likeness (QED) is 0.0961. The van der Waals surface area contributed by atoms with Crippen molar-refractivity contribution < 1.29 is 57.0 Å². The fourth-order valence-corrected chi connectivity index (χ4v) is 7.53. The van der Waals surface area contributed by atoms with Gasteiger partial charge in [0.15, 0.2) is 5.75 Å². The SMILES string of the molecule is Cc1nc(Cl)nc(Nc2cc(S(=O)(=O)O)cc3cc(S(=O)(=O)O)c(N=Nc4ccc5c(S(=O)(=O)O)cccc5c4S(=O)(=O)O)c(O)c23)n1. The summed E-state index contributed by atoms with van der Waals surface area (Å²) in [6.45, 7) is 1.43. The van der Waals surface area contributed by atoms with Crippen LogP contribution in [-0.2, 0) is 40.5 Å². The fraction of sp³-hybridized carbons (Fsp3) is 0.0417. The number of nitrogens with one attached hydrogen (secondary N) is 1. The number of hydrogen-bond donors (Lipinski definition) is 6. The number of phenols is 1. The number of aromatic nitrogens is 3. The molecule has 252 valence electrons. The number of nitrogens with zero attached hydrogens (tertiary/aromatic N) is 5. The summed E-state index contributed by atoms with van der Waals surface area (Å²) < 4.78 is 137. The molecule has 0 unspecified atom stereocenters. The van der Waals surface area contributed by atoms with E-state index in [0.29, 0.717) is 6.07 Å². The van der Waals surface area contributed by atoms with Crippen LogP contribution in [0.1, 0.15) is 5.82 Å². The number of anilines is 2. The number of azo groups is 1. The smallest absolute Gasteiger partial charge is 0.297 e. The van der Waals surface area contributed by atoms with Crippen LogP contribution < -0.4 is 5.32 Å². The van der Waals surface area contributed by atoms with Crippen LogP contribution in [0.3, 0.4) is 0 Å². The second-order valence-corrected chi connectivity index (χ2v) is 15.5. The summed E-state index contributed by atoms with van der Waals surface area (Å²) in [6, 6.07) is 7.07. The van der Waals surface area contributed by atoms with Gasteiger partial charge in [0.25, 0.3) is 40.5 Å². The zero-order valence-electron chi connectivity index (χ0n) is 23.4. The third-order valence-electron chi connectivity index (χ3n) is 6.41. The summed E-state index contributed by atoms with van der Waals surface area (Å²) >= 11 is 5.87. The maximum atomic E-state index is 12.4. The first-order chi connectivity index (χ1) is 22.1. The topological polar surface area (TPSA) is 313 Å². The summed E-state index contributed by atoms with van der Waals surface area (Å²) in [5.74, 6) is -1.32. The van der Waals surface area contributed by atoms with Crippen LogP contribution in [-0.4, -0.2) is 71.9 Å². The Morgan fingerprint density at radius 3 is 1.98 bits per heavy atom. The molecular weight excluding hydrogens is 744 g/mol. The molecule has 0 fully saturated rings. The van der Waals surface area contributed by atoms with E-state index < -0.39 is 93.3 Å². The maximum absolute atomic E-state index is 12.4. The Kier molecular flexibility index (Phi) is 8.64. The lowest BCUT2D eigenvalue weighted by Gasteiger charge is -2.15. The van der Waals surface area contributed by atoms with Crippen LogP contribution in [0.15, 0.2) is 78.3 Å². The first-order valence-electron chi connectivity index (χ1n) is 12.4. The molecule has 0 aliphatic carbocycles. The molecule has 1 heterocycles. The molecular formula is C24H17ClN6O13S4. The lowest BCUT2D eigenvalue weighted by Crippen LogP contribution is -2.05. The van der Waals surface area contributed by atoms with Gasteiger partial charge in [-0.1, -0.05) is 18.2 Å². The first-order valence-corrected chi connectivity index (χ1v) is 18.6. The lowest BCUT2D eigenvalue weighted by molar-refractivity contribution is 0.472. The molecule has 0 bridgehead atoms. The van der Waals surface area contributed by atoms with E-state index in [1.807, 2.05) is 0 Å². The highest BCUT2D eigenvalue weighted by molar-refractivity contribution is 7.87. The van der Waals surface area contributed by atoms with Gasteiger partial charge in [-0.05, 0) is 54.2 Å². The minimum atomic E-state index is -5.34. The summed E-state index contributed by atoms with van der Waals surface area (Å²) in [5.41, 5.74) is -2.15. The number of halogens is 1. The predicted octanol–water partition coefficient (Wildman–Crippen LogP) is 3.99. The molecule has 0 radical (unpaired) electrons.